The molecule has 0 aliphatic heterocycles. The van der Waals surface area contributed by atoms with Crippen molar-refractivity contribution in [2.24, 2.45) is 0 Å². The van der Waals surface area contributed by atoms with Crippen molar-refractivity contribution < 1.29 is 0 Å². The van der Waals surface area contributed by atoms with E-state index in [1.165, 1.54) is 19.2 Å². The minimum absolute atomic E-state index is 0.712. The lowest BCUT2D eigenvalue weighted by atomic mass is 9.58. The molecule has 0 amide bonds. The molecule has 3 heteroatoms. The molecular formula is C7H16B2S. The molecule has 10 heavy (non-hydrogen) atoms. The zero-order valence-electron chi connectivity index (χ0n) is 7.01. The zero-order chi connectivity index (χ0) is 7.82. The normalized spacial score (nSPS) is 12.7. The van der Waals surface area contributed by atoms with Gasteiger partial charge in [-0.2, -0.15) is 0 Å². The van der Waals surface area contributed by atoms with Crippen LogP contribution in [0.2, 0.25) is 18.5 Å². The molecule has 0 aliphatic carbocycles. The van der Waals surface area contributed by atoms with Gasteiger partial charge in [-0.05, 0) is 0 Å². The fraction of sp³-hybridized carbons (Fsp3) is 1.00. The van der Waals surface area contributed by atoms with E-state index in [0.717, 1.165) is 6.32 Å². The van der Waals surface area contributed by atoms with Gasteiger partial charge < -0.3 is 0 Å². The SMILES string of the molecule is CCCC[B]C(C)C[B]S. The highest BCUT2D eigenvalue weighted by Gasteiger charge is 2.01. The van der Waals surface area contributed by atoms with E-state index in [4.69, 9.17) is 0 Å². The van der Waals surface area contributed by atoms with Gasteiger partial charge in [0.15, 0.2) is 6.56 Å². The first kappa shape index (κ1) is 10.5. The molecular weight excluding hydrogens is 138 g/mol. The van der Waals surface area contributed by atoms with Crippen molar-refractivity contribution in [2.75, 3.05) is 0 Å². The molecule has 0 saturated carbocycles. The van der Waals surface area contributed by atoms with Crippen molar-refractivity contribution in [2.45, 2.75) is 45.1 Å². The topological polar surface area (TPSA) is 0 Å². The molecule has 0 heterocycles. The molecule has 0 aromatic carbocycles. The van der Waals surface area contributed by atoms with Crippen molar-refractivity contribution in [1.29, 1.82) is 0 Å². The molecule has 0 nitrogen and oxygen atoms in total. The Morgan fingerprint density at radius 1 is 1.50 bits per heavy atom. The summed E-state index contributed by atoms with van der Waals surface area (Å²) in [6.07, 6.45) is 5.00. The van der Waals surface area contributed by atoms with Crippen LogP contribution in [-0.2, 0) is 0 Å². The van der Waals surface area contributed by atoms with Gasteiger partial charge in [-0.3, -0.25) is 0 Å². The number of unbranched alkanes of at least 4 members (excludes halogenated alkanes) is 1. The van der Waals surface area contributed by atoms with E-state index in [1.54, 1.807) is 0 Å². The number of hydrogen-bond donors (Lipinski definition) is 1. The van der Waals surface area contributed by atoms with Crippen molar-refractivity contribution >= 4 is 26.3 Å². The summed E-state index contributed by atoms with van der Waals surface area (Å²) in [5, 5.41) is 0. The minimum atomic E-state index is 0.712. The van der Waals surface area contributed by atoms with Crippen LogP contribution in [0.15, 0.2) is 0 Å². The Balaban J connectivity index is 2.97. The lowest BCUT2D eigenvalue weighted by Gasteiger charge is -2.05. The summed E-state index contributed by atoms with van der Waals surface area (Å²) in [5.74, 6) is 0.712. The van der Waals surface area contributed by atoms with Gasteiger partial charge in [0.05, 0.1) is 0 Å². The monoisotopic (exact) mass is 154 g/mol. The molecule has 0 spiro atoms. The van der Waals surface area contributed by atoms with Crippen LogP contribution < -0.4 is 0 Å². The predicted octanol–water partition coefficient (Wildman–Crippen LogP) is 2.68. The minimum Gasteiger partial charge on any atom is -0.235 e. The van der Waals surface area contributed by atoms with Crippen LogP contribution in [0, 0.1) is 0 Å². The lowest BCUT2D eigenvalue weighted by Crippen LogP contribution is -1.99. The average Bonchev–Trinajstić information content (AvgIpc) is 1.89. The average molecular weight is 154 g/mol. The van der Waals surface area contributed by atoms with Crippen LogP contribution in [0.4, 0.5) is 0 Å². The highest BCUT2D eigenvalue weighted by atomic mass is 32.1. The highest BCUT2D eigenvalue weighted by molar-refractivity contribution is 8.06. The Labute approximate surface area is 72.0 Å². The summed E-state index contributed by atoms with van der Waals surface area (Å²) in [4.78, 5) is 0. The maximum Gasteiger partial charge on any atom is 0.186 e. The number of thiol groups is 1. The Kier molecular flexibility index (Phi) is 7.95. The predicted molar refractivity (Wildman–Crippen MR) is 54.4 cm³/mol. The first-order valence-corrected chi connectivity index (χ1v) is 4.62. The van der Waals surface area contributed by atoms with Crippen molar-refractivity contribution in [3.05, 3.63) is 0 Å². The summed E-state index contributed by atoms with van der Waals surface area (Å²) in [7, 11) is 2.39. The van der Waals surface area contributed by atoms with Gasteiger partial charge in [0, 0.05) is 0 Å². The fourth-order valence-corrected chi connectivity index (χ4v) is 1.20. The van der Waals surface area contributed by atoms with Crippen molar-refractivity contribution in [3.63, 3.8) is 0 Å². The quantitative estimate of drug-likeness (QED) is 0.339. The smallest absolute Gasteiger partial charge is 0.186 e. The molecule has 0 bridgehead atoms. The van der Waals surface area contributed by atoms with E-state index in [2.05, 4.69) is 33.6 Å². The first-order chi connectivity index (χ1) is 4.81. The number of hydrogen-bond acceptors (Lipinski definition) is 1. The molecule has 0 aromatic rings. The van der Waals surface area contributed by atoms with Crippen LogP contribution in [0.1, 0.15) is 26.7 Å². The van der Waals surface area contributed by atoms with Crippen molar-refractivity contribution in [1.82, 2.24) is 0 Å². The van der Waals surface area contributed by atoms with Crippen molar-refractivity contribution in [3.8, 4) is 0 Å². The summed E-state index contributed by atoms with van der Waals surface area (Å²) in [6, 6.07) is 0. The summed E-state index contributed by atoms with van der Waals surface area (Å²) >= 11 is 4.06. The second-order valence-corrected chi connectivity index (χ2v) is 3.14. The summed E-state index contributed by atoms with van der Waals surface area (Å²) in [6.45, 7) is 6.40. The van der Waals surface area contributed by atoms with E-state index in [1.807, 2.05) is 6.56 Å². The van der Waals surface area contributed by atoms with Gasteiger partial charge in [0.25, 0.3) is 0 Å². The van der Waals surface area contributed by atoms with E-state index in [-0.39, 0.29) is 0 Å². The van der Waals surface area contributed by atoms with Gasteiger partial charge in [0.1, 0.15) is 7.28 Å². The molecule has 1 unspecified atom stereocenters. The van der Waals surface area contributed by atoms with Gasteiger partial charge >= 0.3 is 0 Å². The highest BCUT2D eigenvalue weighted by Crippen LogP contribution is 2.11. The van der Waals surface area contributed by atoms with Crippen LogP contribution in [-0.4, -0.2) is 13.8 Å². The maximum absolute atomic E-state index is 4.06. The molecule has 0 fully saturated rings. The molecule has 0 saturated heterocycles. The zero-order valence-corrected chi connectivity index (χ0v) is 7.90. The molecule has 0 aliphatic rings. The van der Waals surface area contributed by atoms with E-state index < -0.39 is 0 Å². The number of rotatable bonds is 6. The molecule has 0 aromatic heterocycles. The van der Waals surface area contributed by atoms with E-state index in [9.17, 15) is 0 Å². The Bertz CT molecular complexity index is 68.6. The largest absolute Gasteiger partial charge is 0.235 e. The van der Waals surface area contributed by atoms with Gasteiger partial charge in [-0.15, -0.1) is 0 Å². The summed E-state index contributed by atoms with van der Waals surface area (Å²) < 4.78 is 0. The van der Waals surface area contributed by atoms with E-state index in [0.29, 0.717) is 5.82 Å². The standard InChI is InChI=1S/C7H16B2S/c1-3-4-5-8-7(2)6-9-10/h7,10H,3-6H2,1-2H3. The Morgan fingerprint density at radius 3 is 2.70 bits per heavy atom. The van der Waals surface area contributed by atoms with Crippen LogP contribution in [0.5, 0.6) is 0 Å². The molecule has 0 rings (SSSR count). The lowest BCUT2D eigenvalue weighted by molar-refractivity contribution is 0.868. The molecule has 0 N–H and O–H groups in total. The van der Waals surface area contributed by atoms with Gasteiger partial charge in [-0.25, -0.2) is 12.5 Å². The van der Waals surface area contributed by atoms with Gasteiger partial charge in [0.2, 0.25) is 0 Å². The maximum atomic E-state index is 4.06. The first-order valence-electron chi connectivity index (χ1n) is 4.10. The Morgan fingerprint density at radius 2 is 2.20 bits per heavy atom. The van der Waals surface area contributed by atoms with Gasteiger partial charge in [-0.1, -0.05) is 45.1 Å². The molecule has 2 radical (unpaired) electrons. The third kappa shape index (κ3) is 6.60. The van der Waals surface area contributed by atoms with Crippen LogP contribution >= 0.6 is 12.5 Å². The third-order valence-corrected chi connectivity index (χ3v) is 1.81. The molecule has 1 atom stereocenters. The second-order valence-electron chi connectivity index (χ2n) is 2.77. The van der Waals surface area contributed by atoms with E-state index >= 15 is 0 Å². The summed E-state index contributed by atoms with van der Waals surface area (Å²) in [5.41, 5.74) is 0. The molecule has 56 valence electrons. The third-order valence-electron chi connectivity index (χ3n) is 1.60. The van der Waals surface area contributed by atoms with Crippen LogP contribution in [0.3, 0.4) is 0 Å². The fourth-order valence-electron chi connectivity index (χ4n) is 0.869. The Hall–Kier alpha value is 0.480. The second kappa shape index (κ2) is 7.59. The van der Waals surface area contributed by atoms with Crippen LogP contribution in [0.25, 0.3) is 0 Å².